The fourth-order valence-electron chi connectivity index (χ4n) is 3.33. The highest BCUT2D eigenvalue weighted by atomic mass is 16.3. The average molecular weight is 226 g/mol. The standard InChI is InChI=1S/C13H26N2O/c1-3-14(4-2)7-8-15-9-11-5-6-13(16)12(11)10-15/h11-13,16H,3-10H2,1-2H3. The first-order valence-electron chi connectivity index (χ1n) is 6.87. The molecule has 1 heterocycles. The van der Waals surface area contributed by atoms with E-state index in [9.17, 15) is 5.11 Å². The summed E-state index contributed by atoms with van der Waals surface area (Å²) >= 11 is 0. The maximum Gasteiger partial charge on any atom is 0.0583 e. The molecule has 1 N–H and O–H groups in total. The van der Waals surface area contributed by atoms with Crippen molar-refractivity contribution in [2.45, 2.75) is 32.8 Å². The summed E-state index contributed by atoms with van der Waals surface area (Å²) in [5, 5.41) is 9.85. The fourth-order valence-corrected chi connectivity index (χ4v) is 3.33. The molecule has 0 amide bonds. The van der Waals surface area contributed by atoms with Crippen molar-refractivity contribution in [3.63, 3.8) is 0 Å². The topological polar surface area (TPSA) is 26.7 Å². The Balaban J connectivity index is 1.73. The third-order valence-corrected chi connectivity index (χ3v) is 4.52. The minimum absolute atomic E-state index is 0.0107. The van der Waals surface area contributed by atoms with Crippen molar-refractivity contribution in [1.82, 2.24) is 9.80 Å². The Morgan fingerprint density at radius 3 is 2.56 bits per heavy atom. The molecule has 0 aromatic heterocycles. The van der Waals surface area contributed by atoms with Gasteiger partial charge >= 0.3 is 0 Å². The van der Waals surface area contributed by atoms with Crippen molar-refractivity contribution >= 4 is 0 Å². The van der Waals surface area contributed by atoms with Gasteiger partial charge in [0.2, 0.25) is 0 Å². The van der Waals surface area contributed by atoms with Gasteiger partial charge in [-0.15, -0.1) is 0 Å². The number of likely N-dealkylation sites (tertiary alicyclic amines) is 1. The number of rotatable bonds is 5. The summed E-state index contributed by atoms with van der Waals surface area (Å²) < 4.78 is 0. The first-order valence-corrected chi connectivity index (χ1v) is 6.87. The first kappa shape index (κ1) is 12.3. The lowest BCUT2D eigenvalue weighted by atomic mass is 10.00. The van der Waals surface area contributed by atoms with E-state index < -0.39 is 0 Å². The van der Waals surface area contributed by atoms with Crippen LogP contribution in [0.1, 0.15) is 26.7 Å². The van der Waals surface area contributed by atoms with E-state index in [0.717, 1.165) is 32.0 Å². The minimum Gasteiger partial charge on any atom is -0.393 e. The van der Waals surface area contributed by atoms with Crippen LogP contribution in [0.5, 0.6) is 0 Å². The average Bonchev–Trinajstić information content (AvgIpc) is 2.83. The Morgan fingerprint density at radius 2 is 1.94 bits per heavy atom. The van der Waals surface area contributed by atoms with E-state index in [2.05, 4.69) is 23.6 Å². The summed E-state index contributed by atoms with van der Waals surface area (Å²) in [4.78, 5) is 5.03. The third kappa shape index (κ3) is 2.58. The molecular formula is C13H26N2O. The van der Waals surface area contributed by atoms with Crippen LogP contribution in [0.2, 0.25) is 0 Å². The SMILES string of the molecule is CCN(CC)CCN1CC2CCC(O)C2C1. The second-order valence-corrected chi connectivity index (χ2v) is 5.36. The molecule has 1 aliphatic heterocycles. The molecule has 3 unspecified atom stereocenters. The number of aliphatic hydroxyl groups is 1. The molecule has 3 heteroatoms. The van der Waals surface area contributed by atoms with Gasteiger partial charge in [-0.1, -0.05) is 13.8 Å². The van der Waals surface area contributed by atoms with E-state index in [1.54, 1.807) is 0 Å². The van der Waals surface area contributed by atoms with Gasteiger partial charge in [0.15, 0.2) is 0 Å². The van der Waals surface area contributed by atoms with Crippen molar-refractivity contribution in [2.75, 3.05) is 39.3 Å². The van der Waals surface area contributed by atoms with Crippen LogP contribution in [0, 0.1) is 11.8 Å². The van der Waals surface area contributed by atoms with Crippen LogP contribution in [0.3, 0.4) is 0 Å². The molecule has 3 atom stereocenters. The van der Waals surface area contributed by atoms with Gasteiger partial charge in [0.25, 0.3) is 0 Å². The predicted molar refractivity (Wildman–Crippen MR) is 66.4 cm³/mol. The van der Waals surface area contributed by atoms with Crippen molar-refractivity contribution in [2.24, 2.45) is 11.8 Å². The molecule has 0 aromatic carbocycles. The lowest BCUT2D eigenvalue weighted by molar-refractivity contribution is 0.122. The molecule has 0 bridgehead atoms. The van der Waals surface area contributed by atoms with Crippen LogP contribution < -0.4 is 0 Å². The van der Waals surface area contributed by atoms with Gasteiger partial charge in [-0.3, -0.25) is 0 Å². The summed E-state index contributed by atoms with van der Waals surface area (Å²) in [7, 11) is 0. The molecule has 2 rings (SSSR count). The largest absolute Gasteiger partial charge is 0.393 e. The summed E-state index contributed by atoms with van der Waals surface area (Å²) in [6, 6.07) is 0. The van der Waals surface area contributed by atoms with Gasteiger partial charge in [-0.25, -0.2) is 0 Å². The first-order chi connectivity index (χ1) is 7.74. The molecule has 16 heavy (non-hydrogen) atoms. The normalized spacial score (nSPS) is 34.9. The Bertz CT molecular complexity index is 218. The number of fused-ring (bicyclic) bond motifs is 1. The van der Waals surface area contributed by atoms with Crippen molar-refractivity contribution in [3.8, 4) is 0 Å². The zero-order chi connectivity index (χ0) is 11.5. The maximum absolute atomic E-state index is 9.85. The van der Waals surface area contributed by atoms with Crippen LogP contribution >= 0.6 is 0 Å². The molecule has 1 saturated heterocycles. The lowest BCUT2D eigenvalue weighted by Crippen LogP contribution is -2.35. The Morgan fingerprint density at radius 1 is 1.19 bits per heavy atom. The molecule has 1 saturated carbocycles. The summed E-state index contributed by atoms with van der Waals surface area (Å²) in [6.45, 7) is 11.5. The quantitative estimate of drug-likeness (QED) is 0.758. The van der Waals surface area contributed by atoms with E-state index in [1.807, 2.05) is 0 Å². The van der Waals surface area contributed by atoms with Crippen LogP contribution in [-0.4, -0.2) is 60.3 Å². The van der Waals surface area contributed by atoms with E-state index in [1.165, 1.54) is 26.1 Å². The maximum atomic E-state index is 9.85. The van der Waals surface area contributed by atoms with Crippen LogP contribution in [-0.2, 0) is 0 Å². The van der Waals surface area contributed by atoms with E-state index in [-0.39, 0.29) is 6.10 Å². The van der Waals surface area contributed by atoms with Crippen LogP contribution in [0.4, 0.5) is 0 Å². The van der Waals surface area contributed by atoms with Gasteiger partial charge in [0.05, 0.1) is 6.10 Å². The monoisotopic (exact) mass is 226 g/mol. The van der Waals surface area contributed by atoms with Gasteiger partial charge in [0, 0.05) is 32.1 Å². The Hall–Kier alpha value is -0.120. The number of nitrogens with zero attached hydrogens (tertiary/aromatic N) is 2. The number of hydrogen-bond acceptors (Lipinski definition) is 3. The molecule has 3 nitrogen and oxygen atoms in total. The predicted octanol–water partition coefficient (Wildman–Crippen LogP) is 1.03. The van der Waals surface area contributed by atoms with Crippen molar-refractivity contribution in [3.05, 3.63) is 0 Å². The molecule has 1 aliphatic carbocycles. The van der Waals surface area contributed by atoms with Gasteiger partial charge in [-0.05, 0) is 31.8 Å². The molecule has 2 fully saturated rings. The summed E-state index contributed by atoms with van der Waals surface area (Å²) in [5.41, 5.74) is 0. The smallest absolute Gasteiger partial charge is 0.0583 e. The van der Waals surface area contributed by atoms with E-state index >= 15 is 0 Å². The van der Waals surface area contributed by atoms with Gasteiger partial charge in [-0.2, -0.15) is 0 Å². The minimum atomic E-state index is -0.0107. The molecule has 0 radical (unpaired) electrons. The highest BCUT2D eigenvalue weighted by molar-refractivity contribution is 4.93. The second kappa shape index (κ2) is 5.48. The van der Waals surface area contributed by atoms with E-state index in [0.29, 0.717) is 5.92 Å². The van der Waals surface area contributed by atoms with Gasteiger partial charge in [0.1, 0.15) is 0 Å². The number of hydrogen-bond donors (Lipinski definition) is 1. The zero-order valence-electron chi connectivity index (χ0n) is 10.7. The molecule has 0 spiro atoms. The summed E-state index contributed by atoms with van der Waals surface area (Å²) in [5.74, 6) is 1.36. The fraction of sp³-hybridized carbons (Fsp3) is 1.00. The molecule has 0 aromatic rings. The Labute approximate surface area is 99.4 Å². The van der Waals surface area contributed by atoms with Crippen molar-refractivity contribution in [1.29, 1.82) is 0 Å². The highest BCUT2D eigenvalue weighted by Crippen LogP contribution is 2.37. The Kier molecular flexibility index (Phi) is 4.22. The van der Waals surface area contributed by atoms with Crippen LogP contribution in [0.15, 0.2) is 0 Å². The second-order valence-electron chi connectivity index (χ2n) is 5.36. The third-order valence-electron chi connectivity index (χ3n) is 4.52. The molecule has 94 valence electrons. The van der Waals surface area contributed by atoms with Crippen molar-refractivity contribution < 1.29 is 5.11 Å². The summed E-state index contributed by atoms with van der Waals surface area (Å²) in [6.07, 6.45) is 2.27. The zero-order valence-corrected chi connectivity index (χ0v) is 10.7. The van der Waals surface area contributed by atoms with Crippen LogP contribution in [0.25, 0.3) is 0 Å². The highest BCUT2D eigenvalue weighted by Gasteiger charge is 2.41. The molecular weight excluding hydrogens is 200 g/mol. The number of likely N-dealkylation sites (N-methyl/N-ethyl adjacent to an activating group) is 1. The van der Waals surface area contributed by atoms with E-state index in [4.69, 9.17) is 0 Å². The number of aliphatic hydroxyl groups excluding tert-OH is 1. The van der Waals surface area contributed by atoms with Gasteiger partial charge < -0.3 is 14.9 Å². The lowest BCUT2D eigenvalue weighted by Gasteiger charge is -2.23. The molecule has 2 aliphatic rings.